The van der Waals surface area contributed by atoms with Gasteiger partial charge in [0.2, 0.25) is 0 Å². The zero-order valence-electron chi connectivity index (χ0n) is 15.4. The first kappa shape index (κ1) is 16.5. The number of aromatic nitrogens is 4. The van der Waals surface area contributed by atoms with Gasteiger partial charge in [-0.15, -0.1) is 0 Å². The number of hydrogen-bond acceptors (Lipinski definition) is 5. The van der Waals surface area contributed by atoms with Gasteiger partial charge in [-0.05, 0) is 39.0 Å². The van der Waals surface area contributed by atoms with E-state index in [1.54, 1.807) is 6.33 Å². The van der Waals surface area contributed by atoms with Crippen LogP contribution in [0.25, 0.3) is 0 Å². The minimum Gasteiger partial charge on any atom is -0.356 e. The fourth-order valence-corrected chi connectivity index (χ4v) is 4.14. The third-order valence-corrected chi connectivity index (χ3v) is 5.72. The molecule has 2 aromatic rings. The Morgan fingerprint density at radius 1 is 1.16 bits per heavy atom. The number of rotatable bonds is 4. The minimum atomic E-state index is 0.562. The Kier molecular flexibility index (Phi) is 4.70. The van der Waals surface area contributed by atoms with E-state index < -0.39 is 0 Å². The molecule has 0 bridgehead atoms. The Bertz CT molecular complexity index is 716. The van der Waals surface area contributed by atoms with Gasteiger partial charge in [0.05, 0.1) is 6.20 Å². The predicted molar refractivity (Wildman–Crippen MR) is 98.6 cm³/mol. The van der Waals surface area contributed by atoms with E-state index >= 15 is 0 Å². The number of aryl methyl sites for hydroxylation is 2. The standard InChI is InChI=1S/C19H28N6/c1-15-11-19(21-14-20-15)23(2)17-6-9-24(10-7-17)13-16-12-22-25-8-4-3-5-18(16)25/h11-12,14,17H,3-10,13H2,1-2H3. The van der Waals surface area contributed by atoms with Gasteiger partial charge >= 0.3 is 0 Å². The SMILES string of the molecule is Cc1cc(N(C)C2CCN(Cc3cnn4c3CCCC4)CC2)ncn1. The second-order valence-electron chi connectivity index (χ2n) is 7.43. The van der Waals surface area contributed by atoms with Gasteiger partial charge in [0.1, 0.15) is 12.1 Å². The smallest absolute Gasteiger partial charge is 0.132 e. The molecule has 1 saturated heterocycles. The number of hydrogen-bond donors (Lipinski definition) is 0. The molecule has 0 N–H and O–H groups in total. The van der Waals surface area contributed by atoms with E-state index in [4.69, 9.17) is 0 Å². The molecule has 0 aromatic carbocycles. The van der Waals surface area contributed by atoms with E-state index in [1.165, 1.54) is 43.4 Å². The van der Waals surface area contributed by atoms with Crippen LogP contribution in [0.5, 0.6) is 0 Å². The van der Waals surface area contributed by atoms with E-state index in [2.05, 4.69) is 48.9 Å². The molecular weight excluding hydrogens is 312 g/mol. The second kappa shape index (κ2) is 7.12. The van der Waals surface area contributed by atoms with Gasteiger partial charge in [-0.1, -0.05) is 0 Å². The summed E-state index contributed by atoms with van der Waals surface area (Å²) in [6.45, 7) is 6.46. The third kappa shape index (κ3) is 3.54. The van der Waals surface area contributed by atoms with Crippen LogP contribution in [0, 0.1) is 6.92 Å². The molecule has 0 spiro atoms. The normalized spacial score (nSPS) is 19.0. The molecule has 0 unspecified atom stereocenters. The molecule has 2 aromatic heterocycles. The third-order valence-electron chi connectivity index (χ3n) is 5.72. The maximum atomic E-state index is 4.58. The molecule has 0 aliphatic carbocycles. The first-order valence-corrected chi connectivity index (χ1v) is 9.48. The van der Waals surface area contributed by atoms with Crippen molar-refractivity contribution >= 4 is 5.82 Å². The van der Waals surface area contributed by atoms with E-state index in [1.807, 2.05) is 6.92 Å². The maximum Gasteiger partial charge on any atom is 0.132 e. The molecule has 0 atom stereocenters. The molecule has 2 aliphatic heterocycles. The molecule has 4 rings (SSSR count). The topological polar surface area (TPSA) is 50.1 Å². The lowest BCUT2D eigenvalue weighted by molar-refractivity contribution is 0.202. The van der Waals surface area contributed by atoms with Gasteiger partial charge in [-0.25, -0.2) is 9.97 Å². The molecule has 4 heterocycles. The number of anilines is 1. The minimum absolute atomic E-state index is 0.562. The van der Waals surface area contributed by atoms with Gasteiger partial charge in [0, 0.05) is 62.3 Å². The highest BCUT2D eigenvalue weighted by Crippen LogP contribution is 2.24. The fourth-order valence-electron chi connectivity index (χ4n) is 4.14. The summed E-state index contributed by atoms with van der Waals surface area (Å²) in [7, 11) is 2.16. The van der Waals surface area contributed by atoms with E-state index in [0.717, 1.165) is 37.7 Å². The van der Waals surface area contributed by atoms with Crippen LogP contribution in [0.2, 0.25) is 0 Å². The van der Waals surface area contributed by atoms with Crippen LogP contribution in [0.15, 0.2) is 18.6 Å². The van der Waals surface area contributed by atoms with Crippen LogP contribution in [0.4, 0.5) is 5.82 Å². The molecule has 1 fully saturated rings. The highest BCUT2D eigenvalue weighted by atomic mass is 15.3. The van der Waals surface area contributed by atoms with E-state index in [-0.39, 0.29) is 0 Å². The van der Waals surface area contributed by atoms with Gasteiger partial charge in [-0.2, -0.15) is 5.10 Å². The van der Waals surface area contributed by atoms with Crippen molar-refractivity contribution in [3.8, 4) is 0 Å². The molecule has 2 aliphatic rings. The summed E-state index contributed by atoms with van der Waals surface area (Å²) in [6.07, 6.45) is 9.91. The molecule has 6 heteroatoms. The second-order valence-corrected chi connectivity index (χ2v) is 7.43. The van der Waals surface area contributed by atoms with Crippen LogP contribution in [0.3, 0.4) is 0 Å². The van der Waals surface area contributed by atoms with E-state index in [0.29, 0.717) is 6.04 Å². The van der Waals surface area contributed by atoms with Crippen molar-refractivity contribution in [2.75, 3.05) is 25.0 Å². The van der Waals surface area contributed by atoms with Crippen LogP contribution >= 0.6 is 0 Å². The zero-order chi connectivity index (χ0) is 17.2. The summed E-state index contributed by atoms with van der Waals surface area (Å²) in [5, 5.41) is 4.58. The lowest BCUT2D eigenvalue weighted by Crippen LogP contribution is -2.43. The van der Waals surface area contributed by atoms with Gasteiger partial charge in [0.25, 0.3) is 0 Å². The Morgan fingerprint density at radius 2 is 2.00 bits per heavy atom. The number of nitrogens with zero attached hydrogens (tertiary/aromatic N) is 6. The van der Waals surface area contributed by atoms with Gasteiger partial charge in [0.15, 0.2) is 0 Å². The molecule has 0 amide bonds. The molecule has 25 heavy (non-hydrogen) atoms. The number of likely N-dealkylation sites (tertiary alicyclic amines) is 1. The average molecular weight is 340 g/mol. The highest BCUT2D eigenvalue weighted by Gasteiger charge is 2.25. The first-order chi connectivity index (χ1) is 12.2. The molecule has 134 valence electrons. The zero-order valence-corrected chi connectivity index (χ0v) is 15.4. The van der Waals surface area contributed by atoms with Gasteiger partial charge < -0.3 is 4.90 Å². The van der Waals surface area contributed by atoms with E-state index in [9.17, 15) is 0 Å². The van der Waals surface area contributed by atoms with Crippen LogP contribution in [-0.2, 0) is 19.5 Å². The van der Waals surface area contributed by atoms with Crippen molar-refractivity contribution < 1.29 is 0 Å². The molecular formula is C19H28N6. The van der Waals surface area contributed by atoms with Crippen molar-refractivity contribution in [2.45, 2.75) is 58.2 Å². The Morgan fingerprint density at radius 3 is 2.80 bits per heavy atom. The summed E-state index contributed by atoms with van der Waals surface area (Å²) < 4.78 is 2.22. The summed E-state index contributed by atoms with van der Waals surface area (Å²) in [4.78, 5) is 13.5. The Balaban J connectivity index is 1.35. The molecule has 0 radical (unpaired) electrons. The lowest BCUT2D eigenvalue weighted by atomic mass is 10.0. The summed E-state index contributed by atoms with van der Waals surface area (Å²) in [6, 6.07) is 2.64. The summed E-state index contributed by atoms with van der Waals surface area (Å²) in [5.41, 5.74) is 3.94. The Labute approximate surface area is 149 Å². The summed E-state index contributed by atoms with van der Waals surface area (Å²) in [5.74, 6) is 1.04. The fraction of sp³-hybridized carbons (Fsp3) is 0.632. The van der Waals surface area contributed by atoms with Crippen molar-refractivity contribution in [3.63, 3.8) is 0 Å². The van der Waals surface area contributed by atoms with Crippen LogP contribution < -0.4 is 4.90 Å². The summed E-state index contributed by atoms with van der Waals surface area (Å²) >= 11 is 0. The van der Waals surface area contributed by atoms with Crippen molar-refractivity contribution in [2.24, 2.45) is 0 Å². The van der Waals surface area contributed by atoms with Crippen LogP contribution in [-0.4, -0.2) is 50.8 Å². The first-order valence-electron chi connectivity index (χ1n) is 9.48. The highest BCUT2D eigenvalue weighted by molar-refractivity contribution is 5.39. The number of fused-ring (bicyclic) bond motifs is 1. The van der Waals surface area contributed by atoms with Crippen LogP contribution in [0.1, 0.15) is 42.6 Å². The largest absolute Gasteiger partial charge is 0.356 e. The number of piperidine rings is 1. The van der Waals surface area contributed by atoms with Gasteiger partial charge in [-0.3, -0.25) is 9.58 Å². The monoisotopic (exact) mass is 340 g/mol. The maximum absolute atomic E-state index is 4.58. The average Bonchev–Trinajstić information content (AvgIpc) is 3.05. The van der Waals surface area contributed by atoms with Crippen molar-refractivity contribution in [1.82, 2.24) is 24.6 Å². The van der Waals surface area contributed by atoms with Crippen molar-refractivity contribution in [1.29, 1.82) is 0 Å². The predicted octanol–water partition coefficient (Wildman–Crippen LogP) is 2.42. The quantitative estimate of drug-likeness (QED) is 0.855. The molecule has 0 saturated carbocycles. The lowest BCUT2D eigenvalue weighted by Gasteiger charge is -2.37. The molecule has 6 nitrogen and oxygen atoms in total. The Hall–Kier alpha value is -1.95. The van der Waals surface area contributed by atoms with Crippen molar-refractivity contribution in [3.05, 3.63) is 35.5 Å².